The summed E-state index contributed by atoms with van der Waals surface area (Å²) in [5, 5.41) is 5.80. The number of likely N-dealkylation sites (N-methyl/N-ethyl adjacent to an activating group) is 1. The average Bonchev–Trinajstić information content (AvgIpc) is 2.59. The first-order valence-electron chi connectivity index (χ1n) is 8.26. The molecule has 0 radical (unpaired) electrons. The van der Waals surface area contributed by atoms with Gasteiger partial charge in [-0.15, -0.1) is 12.4 Å². The average molecular weight is 372 g/mol. The van der Waals surface area contributed by atoms with Gasteiger partial charge < -0.3 is 25.0 Å². The predicted molar refractivity (Wildman–Crippen MR) is 98.7 cm³/mol. The van der Waals surface area contributed by atoms with Gasteiger partial charge in [-0.05, 0) is 39.1 Å². The monoisotopic (exact) mass is 371 g/mol. The van der Waals surface area contributed by atoms with E-state index < -0.39 is 0 Å². The second-order valence-electron chi connectivity index (χ2n) is 5.52. The fourth-order valence-corrected chi connectivity index (χ4v) is 2.45. The van der Waals surface area contributed by atoms with Gasteiger partial charge in [-0.25, -0.2) is 0 Å². The van der Waals surface area contributed by atoms with Gasteiger partial charge in [-0.3, -0.25) is 9.59 Å². The van der Waals surface area contributed by atoms with Crippen molar-refractivity contribution in [1.82, 2.24) is 10.2 Å². The molecule has 0 aromatic heterocycles. The molecule has 0 bridgehead atoms. The molecule has 140 valence electrons. The van der Waals surface area contributed by atoms with E-state index in [1.54, 1.807) is 23.1 Å². The van der Waals surface area contributed by atoms with Crippen molar-refractivity contribution in [3.63, 3.8) is 0 Å². The Balaban J connectivity index is 0.00000312. The molecule has 0 spiro atoms. The van der Waals surface area contributed by atoms with Crippen LogP contribution >= 0.6 is 12.4 Å². The predicted octanol–water partition coefficient (Wildman–Crippen LogP) is 1.67. The normalized spacial score (nSPS) is 12.1. The summed E-state index contributed by atoms with van der Waals surface area (Å²) in [6.45, 7) is 4.23. The SMILES string of the molecule is CCN(CC(=O)Nc1ccc2c(c1)OCCO2)C(=O)CCCNC.Cl. The molecule has 0 unspecified atom stereocenters. The zero-order valence-electron chi connectivity index (χ0n) is 14.7. The van der Waals surface area contributed by atoms with Crippen molar-refractivity contribution in [2.24, 2.45) is 0 Å². The van der Waals surface area contributed by atoms with Crippen LogP contribution in [0, 0.1) is 0 Å². The van der Waals surface area contributed by atoms with E-state index in [1.807, 2.05) is 14.0 Å². The van der Waals surface area contributed by atoms with E-state index in [9.17, 15) is 9.59 Å². The molecule has 0 aliphatic carbocycles. The van der Waals surface area contributed by atoms with Crippen molar-refractivity contribution in [3.05, 3.63) is 18.2 Å². The second-order valence-corrected chi connectivity index (χ2v) is 5.52. The lowest BCUT2D eigenvalue weighted by molar-refractivity contribution is -0.134. The first kappa shape index (κ1) is 21.1. The van der Waals surface area contributed by atoms with E-state index in [1.165, 1.54) is 0 Å². The van der Waals surface area contributed by atoms with Crippen LogP contribution in [-0.2, 0) is 9.59 Å². The van der Waals surface area contributed by atoms with Crippen molar-refractivity contribution in [1.29, 1.82) is 0 Å². The molecule has 0 saturated carbocycles. The van der Waals surface area contributed by atoms with E-state index in [0.29, 0.717) is 43.4 Å². The van der Waals surface area contributed by atoms with Crippen LogP contribution in [0.4, 0.5) is 5.69 Å². The third kappa shape index (κ3) is 6.43. The molecule has 0 fully saturated rings. The fourth-order valence-electron chi connectivity index (χ4n) is 2.45. The number of carbonyl (C=O) groups excluding carboxylic acids is 2. The van der Waals surface area contributed by atoms with Crippen molar-refractivity contribution in [3.8, 4) is 11.5 Å². The molecule has 2 rings (SSSR count). The minimum atomic E-state index is -0.226. The molecule has 1 heterocycles. The van der Waals surface area contributed by atoms with Crippen LogP contribution in [0.1, 0.15) is 19.8 Å². The zero-order valence-corrected chi connectivity index (χ0v) is 15.5. The maximum Gasteiger partial charge on any atom is 0.243 e. The lowest BCUT2D eigenvalue weighted by atomic mass is 10.2. The highest BCUT2D eigenvalue weighted by atomic mass is 35.5. The Bertz CT molecular complexity index is 583. The molecular formula is C17H26ClN3O4. The molecule has 2 N–H and O–H groups in total. The second kappa shape index (κ2) is 10.8. The number of fused-ring (bicyclic) bond motifs is 1. The Morgan fingerprint density at radius 2 is 1.92 bits per heavy atom. The maximum atomic E-state index is 12.2. The van der Waals surface area contributed by atoms with Crippen LogP contribution in [0.25, 0.3) is 0 Å². The van der Waals surface area contributed by atoms with Crippen LogP contribution in [0.3, 0.4) is 0 Å². The first-order chi connectivity index (χ1) is 11.6. The number of halogens is 1. The molecule has 1 aliphatic heterocycles. The molecule has 1 aliphatic rings. The van der Waals surface area contributed by atoms with Gasteiger partial charge in [0, 0.05) is 24.7 Å². The number of hydrogen-bond donors (Lipinski definition) is 2. The van der Waals surface area contributed by atoms with E-state index in [-0.39, 0.29) is 30.8 Å². The van der Waals surface area contributed by atoms with Gasteiger partial charge in [-0.2, -0.15) is 0 Å². The van der Waals surface area contributed by atoms with E-state index in [4.69, 9.17) is 9.47 Å². The van der Waals surface area contributed by atoms with Crippen molar-refractivity contribution < 1.29 is 19.1 Å². The number of nitrogens with zero attached hydrogens (tertiary/aromatic N) is 1. The molecule has 1 aromatic rings. The summed E-state index contributed by atoms with van der Waals surface area (Å²) in [5.41, 5.74) is 0.628. The van der Waals surface area contributed by atoms with Crippen LogP contribution < -0.4 is 20.1 Å². The minimum absolute atomic E-state index is 0. The number of rotatable bonds is 8. The third-order valence-corrected chi connectivity index (χ3v) is 3.71. The smallest absolute Gasteiger partial charge is 0.243 e. The number of anilines is 1. The lowest BCUT2D eigenvalue weighted by Gasteiger charge is -2.21. The standard InChI is InChI=1S/C17H25N3O4.ClH/c1-3-20(17(22)5-4-8-18-2)12-16(21)19-13-6-7-14-15(11-13)24-10-9-23-14;/h6-7,11,18H,3-5,8-10,12H2,1-2H3,(H,19,21);1H. The van der Waals surface area contributed by atoms with Gasteiger partial charge in [0.15, 0.2) is 11.5 Å². The number of hydrogen-bond acceptors (Lipinski definition) is 5. The fraction of sp³-hybridized carbons (Fsp3) is 0.529. The molecular weight excluding hydrogens is 346 g/mol. The quantitative estimate of drug-likeness (QED) is 0.679. The zero-order chi connectivity index (χ0) is 17.4. The van der Waals surface area contributed by atoms with Crippen LogP contribution in [0.15, 0.2) is 18.2 Å². The van der Waals surface area contributed by atoms with Crippen molar-refractivity contribution >= 4 is 29.9 Å². The van der Waals surface area contributed by atoms with E-state index >= 15 is 0 Å². The van der Waals surface area contributed by atoms with Crippen LogP contribution in [0.2, 0.25) is 0 Å². The summed E-state index contributed by atoms with van der Waals surface area (Å²) >= 11 is 0. The summed E-state index contributed by atoms with van der Waals surface area (Å²) in [6, 6.07) is 5.26. The molecule has 25 heavy (non-hydrogen) atoms. The first-order valence-corrected chi connectivity index (χ1v) is 8.26. The Morgan fingerprint density at radius 3 is 2.60 bits per heavy atom. The Morgan fingerprint density at radius 1 is 1.20 bits per heavy atom. The molecule has 8 heteroatoms. The summed E-state index contributed by atoms with van der Waals surface area (Å²) in [7, 11) is 1.85. The highest BCUT2D eigenvalue weighted by Crippen LogP contribution is 2.32. The van der Waals surface area contributed by atoms with E-state index in [2.05, 4.69) is 10.6 Å². The maximum absolute atomic E-state index is 12.2. The van der Waals surface area contributed by atoms with E-state index in [0.717, 1.165) is 13.0 Å². The van der Waals surface area contributed by atoms with Gasteiger partial charge in [0.1, 0.15) is 13.2 Å². The number of ether oxygens (including phenoxy) is 2. The molecule has 7 nitrogen and oxygen atoms in total. The summed E-state index contributed by atoms with van der Waals surface area (Å²) in [6.07, 6.45) is 1.20. The lowest BCUT2D eigenvalue weighted by Crippen LogP contribution is -2.38. The molecule has 1 aromatic carbocycles. The summed E-state index contributed by atoms with van der Waals surface area (Å²) in [4.78, 5) is 25.9. The summed E-state index contributed by atoms with van der Waals surface area (Å²) in [5.74, 6) is 1.06. The largest absolute Gasteiger partial charge is 0.486 e. The van der Waals surface area contributed by atoms with Crippen molar-refractivity contribution in [2.75, 3.05) is 45.2 Å². The van der Waals surface area contributed by atoms with Crippen molar-refractivity contribution in [2.45, 2.75) is 19.8 Å². The minimum Gasteiger partial charge on any atom is -0.486 e. The Labute approximate surface area is 154 Å². The number of amides is 2. The number of carbonyl (C=O) groups is 2. The Hall–Kier alpha value is -1.99. The highest BCUT2D eigenvalue weighted by Gasteiger charge is 2.16. The van der Waals surface area contributed by atoms with Crippen LogP contribution in [0.5, 0.6) is 11.5 Å². The Kier molecular flexibility index (Phi) is 9.08. The van der Waals surface area contributed by atoms with Gasteiger partial charge in [0.05, 0.1) is 6.54 Å². The third-order valence-electron chi connectivity index (χ3n) is 3.71. The topological polar surface area (TPSA) is 79.9 Å². The molecule has 2 amide bonds. The molecule has 0 atom stereocenters. The van der Waals surface area contributed by atoms with Gasteiger partial charge in [0.2, 0.25) is 11.8 Å². The molecule has 0 saturated heterocycles. The summed E-state index contributed by atoms with van der Waals surface area (Å²) < 4.78 is 10.9. The van der Waals surface area contributed by atoms with Gasteiger partial charge >= 0.3 is 0 Å². The van der Waals surface area contributed by atoms with Crippen LogP contribution in [-0.4, -0.2) is 56.6 Å². The number of nitrogens with one attached hydrogen (secondary N) is 2. The number of benzene rings is 1. The van der Waals surface area contributed by atoms with Gasteiger partial charge in [-0.1, -0.05) is 0 Å². The van der Waals surface area contributed by atoms with Gasteiger partial charge in [0.25, 0.3) is 0 Å². The highest BCUT2D eigenvalue weighted by molar-refractivity contribution is 5.94.